The molecule has 3 rings (SSSR count). The van der Waals surface area contributed by atoms with Gasteiger partial charge in [0.2, 0.25) is 5.91 Å². The predicted molar refractivity (Wildman–Crippen MR) is 87.4 cm³/mol. The molecule has 0 radical (unpaired) electrons. The van der Waals surface area contributed by atoms with Crippen LogP contribution in [0.15, 0.2) is 23.1 Å². The van der Waals surface area contributed by atoms with E-state index in [1.165, 1.54) is 28.9 Å². The maximum Gasteiger partial charge on any atom is 0.238 e. The van der Waals surface area contributed by atoms with Crippen LogP contribution in [0.25, 0.3) is 0 Å². The van der Waals surface area contributed by atoms with Crippen molar-refractivity contribution in [2.24, 2.45) is 11.7 Å². The maximum absolute atomic E-state index is 12.2. The van der Waals surface area contributed by atoms with Crippen LogP contribution >= 0.6 is 11.8 Å². The van der Waals surface area contributed by atoms with E-state index in [0.717, 1.165) is 18.6 Å². The van der Waals surface area contributed by atoms with E-state index < -0.39 is 5.54 Å². The van der Waals surface area contributed by atoms with Gasteiger partial charge in [0.15, 0.2) is 0 Å². The SMILES string of the molecule is Cc1ccc(C)c(SCC(NC2CC2)(C(N)=O)C2CC2)c1. The average Bonchev–Trinajstić information content (AvgIpc) is 3.30. The highest BCUT2D eigenvalue weighted by Crippen LogP contribution is 2.44. The zero-order chi connectivity index (χ0) is 15.0. The predicted octanol–water partition coefficient (Wildman–Crippen LogP) is 2.78. The summed E-state index contributed by atoms with van der Waals surface area (Å²) in [6, 6.07) is 6.98. The number of primary amides is 1. The van der Waals surface area contributed by atoms with Crippen LogP contribution < -0.4 is 11.1 Å². The van der Waals surface area contributed by atoms with Crippen molar-refractivity contribution in [3.8, 4) is 0 Å². The fourth-order valence-electron chi connectivity index (χ4n) is 2.84. The fraction of sp³-hybridized carbons (Fsp3) is 0.588. The first-order valence-corrected chi connectivity index (χ1v) is 8.77. The zero-order valence-corrected chi connectivity index (χ0v) is 13.6. The number of benzene rings is 1. The van der Waals surface area contributed by atoms with Gasteiger partial charge in [0.05, 0.1) is 0 Å². The number of nitrogens with two attached hydrogens (primary N) is 1. The molecule has 0 bridgehead atoms. The maximum atomic E-state index is 12.2. The van der Waals surface area contributed by atoms with Crippen molar-refractivity contribution in [3.05, 3.63) is 29.3 Å². The van der Waals surface area contributed by atoms with Gasteiger partial charge in [-0.3, -0.25) is 10.1 Å². The molecular formula is C17H24N2OS. The van der Waals surface area contributed by atoms with Gasteiger partial charge in [0.25, 0.3) is 0 Å². The number of thioether (sulfide) groups is 1. The second-order valence-corrected chi connectivity index (χ2v) is 7.60. The number of carbonyl (C=O) groups excluding carboxylic acids is 1. The standard InChI is InChI=1S/C17H24N2OS/c1-11-3-4-12(2)15(9-11)21-10-17(16(18)20,13-5-6-13)19-14-7-8-14/h3-4,9,13-14,19H,5-8,10H2,1-2H3,(H2,18,20). The number of carbonyl (C=O) groups is 1. The number of rotatable bonds is 7. The van der Waals surface area contributed by atoms with Gasteiger partial charge in [-0.2, -0.15) is 0 Å². The topological polar surface area (TPSA) is 55.1 Å². The Bertz CT molecular complexity index is 552. The Morgan fingerprint density at radius 2 is 2.05 bits per heavy atom. The van der Waals surface area contributed by atoms with Crippen LogP contribution in [0, 0.1) is 19.8 Å². The monoisotopic (exact) mass is 304 g/mol. The van der Waals surface area contributed by atoms with Gasteiger partial charge in [-0.1, -0.05) is 17.7 Å². The summed E-state index contributed by atoms with van der Waals surface area (Å²) >= 11 is 1.77. The van der Waals surface area contributed by atoms with Gasteiger partial charge < -0.3 is 5.73 Å². The van der Waals surface area contributed by atoms with Crippen molar-refractivity contribution in [2.45, 2.75) is 56.0 Å². The molecule has 0 spiro atoms. The van der Waals surface area contributed by atoms with E-state index in [-0.39, 0.29) is 5.91 Å². The van der Waals surface area contributed by atoms with Crippen LogP contribution in [0.3, 0.4) is 0 Å². The van der Waals surface area contributed by atoms with E-state index in [1.54, 1.807) is 11.8 Å². The third-order valence-electron chi connectivity index (χ3n) is 4.55. The fourth-order valence-corrected chi connectivity index (χ4v) is 4.25. The Morgan fingerprint density at radius 1 is 1.33 bits per heavy atom. The number of aryl methyl sites for hydroxylation is 2. The van der Waals surface area contributed by atoms with Gasteiger partial charge in [-0.25, -0.2) is 0 Å². The molecule has 2 fully saturated rings. The summed E-state index contributed by atoms with van der Waals surface area (Å²) in [5.41, 5.74) is 7.82. The lowest BCUT2D eigenvalue weighted by Crippen LogP contribution is -2.60. The van der Waals surface area contributed by atoms with Crippen LogP contribution in [0.1, 0.15) is 36.8 Å². The molecule has 3 N–H and O–H groups in total. The average molecular weight is 304 g/mol. The molecule has 2 saturated carbocycles. The van der Waals surface area contributed by atoms with Gasteiger partial charge in [0, 0.05) is 16.7 Å². The minimum Gasteiger partial charge on any atom is -0.368 e. The van der Waals surface area contributed by atoms with E-state index in [4.69, 9.17) is 5.73 Å². The summed E-state index contributed by atoms with van der Waals surface area (Å²) in [5, 5.41) is 3.57. The van der Waals surface area contributed by atoms with E-state index in [0.29, 0.717) is 12.0 Å². The molecular weight excluding hydrogens is 280 g/mol. The number of amides is 1. The first-order valence-electron chi connectivity index (χ1n) is 7.79. The summed E-state index contributed by atoms with van der Waals surface area (Å²) in [6.45, 7) is 4.23. The van der Waals surface area contributed by atoms with Crippen molar-refractivity contribution in [1.82, 2.24) is 5.32 Å². The van der Waals surface area contributed by atoms with Crippen LogP contribution in [-0.4, -0.2) is 23.2 Å². The molecule has 114 valence electrons. The Hall–Kier alpha value is -1.00. The summed E-state index contributed by atoms with van der Waals surface area (Å²) in [7, 11) is 0. The van der Waals surface area contributed by atoms with Gasteiger partial charge in [-0.15, -0.1) is 11.8 Å². The van der Waals surface area contributed by atoms with E-state index in [9.17, 15) is 4.79 Å². The molecule has 1 aromatic rings. The Balaban J connectivity index is 1.77. The molecule has 1 amide bonds. The van der Waals surface area contributed by atoms with Crippen molar-refractivity contribution in [3.63, 3.8) is 0 Å². The number of hydrogen-bond donors (Lipinski definition) is 2. The van der Waals surface area contributed by atoms with Gasteiger partial charge in [-0.05, 0) is 57.1 Å². The molecule has 21 heavy (non-hydrogen) atoms. The van der Waals surface area contributed by atoms with E-state index in [2.05, 4.69) is 37.4 Å². The summed E-state index contributed by atoms with van der Waals surface area (Å²) < 4.78 is 0. The second-order valence-electron chi connectivity index (χ2n) is 6.59. The lowest BCUT2D eigenvalue weighted by atomic mass is 9.94. The highest BCUT2D eigenvalue weighted by molar-refractivity contribution is 7.99. The number of nitrogens with one attached hydrogen (secondary N) is 1. The van der Waals surface area contributed by atoms with Crippen molar-refractivity contribution in [2.75, 3.05) is 5.75 Å². The molecule has 0 heterocycles. The van der Waals surface area contributed by atoms with Crippen LogP contribution in [-0.2, 0) is 4.79 Å². The highest BCUT2D eigenvalue weighted by Gasteiger charge is 2.51. The molecule has 0 aliphatic heterocycles. The third kappa shape index (κ3) is 3.27. The largest absolute Gasteiger partial charge is 0.368 e. The minimum absolute atomic E-state index is 0.172. The number of hydrogen-bond acceptors (Lipinski definition) is 3. The Kier molecular flexibility index (Phi) is 4.02. The summed E-state index contributed by atoms with van der Waals surface area (Å²) in [4.78, 5) is 13.4. The smallest absolute Gasteiger partial charge is 0.238 e. The van der Waals surface area contributed by atoms with Crippen molar-refractivity contribution < 1.29 is 4.79 Å². The molecule has 2 aliphatic carbocycles. The first-order chi connectivity index (χ1) is 10.0. The molecule has 1 aromatic carbocycles. The van der Waals surface area contributed by atoms with Gasteiger partial charge >= 0.3 is 0 Å². The molecule has 0 aromatic heterocycles. The van der Waals surface area contributed by atoms with E-state index in [1.807, 2.05) is 0 Å². The second kappa shape index (κ2) is 5.65. The molecule has 3 nitrogen and oxygen atoms in total. The third-order valence-corrected chi connectivity index (χ3v) is 5.90. The summed E-state index contributed by atoms with van der Waals surface area (Å²) in [6.07, 6.45) is 4.60. The molecule has 2 aliphatic rings. The molecule has 0 saturated heterocycles. The van der Waals surface area contributed by atoms with Crippen LogP contribution in [0.4, 0.5) is 0 Å². The Morgan fingerprint density at radius 3 is 2.62 bits per heavy atom. The lowest BCUT2D eigenvalue weighted by molar-refractivity contribution is -0.124. The molecule has 1 unspecified atom stereocenters. The zero-order valence-electron chi connectivity index (χ0n) is 12.8. The minimum atomic E-state index is -0.512. The Labute approximate surface area is 131 Å². The normalized spacial score (nSPS) is 21.0. The molecule has 4 heteroatoms. The van der Waals surface area contributed by atoms with Crippen molar-refractivity contribution >= 4 is 17.7 Å². The lowest BCUT2D eigenvalue weighted by Gasteiger charge is -2.32. The van der Waals surface area contributed by atoms with Crippen molar-refractivity contribution in [1.29, 1.82) is 0 Å². The van der Waals surface area contributed by atoms with Crippen LogP contribution in [0.2, 0.25) is 0 Å². The van der Waals surface area contributed by atoms with Crippen LogP contribution in [0.5, 0.6) is 0 Å². The molecule has 1 atom stereocenters. The summed E-state index contributed by atoms with van der Waals surface area (Å²) in [5.74, 6) is 0.997. The van der Waals surface area contributed by atoms with Gasteiger partial charge in [0.1, 0.15) is 5.54 Å². The highest BCUT2D eigenvalue weighted by atomic mass is 32.2. The van der Waals surface area contributed by atoms with E-state index >= 15 is 0 Å². The first kappa shape index (κ1) is 14.9. The quantitative estimate of drug-likeness (QED) is 0.762.